The minimum Gasteiger partial charge on any atom is -0.352 e. The number of hydrogen-bond donors (Lipinski definition) is 1. The number of carbonyl (C=O) groups excluding carboxylic acids is 1. The maximum Gasteiger partial charge on any atom is 0.246 e. The third-order valence-electron chi connectivity index (χ3n) is 6.62. The molecule has 4 atom stereocenters. The Kier molecular flexibility index (Phi) is 8.34. The topological polar surface area (TPSA) is 29.1 Å². The van der Waals surface area contributed by atoms with Gasteiger partial charge in [-0.1, -0.05) is 36.8 Å². The number of nitrogens with zero attached hydrogens (tertiary/aromatic N) is 1. The van der Waals surface area contributed by atoms with E-state index >= 15 is 0 Å². The smallest absolute Gasteiger partial charge is 0.246 e. The molecule has 2 heterocycles. The summed E-state index contributed by atoms with van der Waals surface area (Å²) in [7, 11) is 2.42. The van der Waals surface area contributed by atoms with Crippen LogP contribution in [-0.2, 0) is 4.79 Å². The molecule has 0 bridgehead atoms. The van der Waals surface area contributed by atoms with Crippen molar-refractivity contribution >= 4 is 5.91 Å². The van der Waals surface area contributed by atoms with Crippen LogP contribution in [-0.4, -0.2) is 43.1 Å². The number of rotatable bonds is 8. The van der Waals surface area contributed by atoms with Crippen molar-refractivity contribution in [3.05, 3.63) is 35.5 Å². The molecule has 0 radical (unpaired) electrons. The van der Waals surface area contributed by atoms with Gasteiger partial charge < -0.3 is 9.80 Å². The first kappa shape index (κ1) is 21.9. The standard InChI is InChI=1S/C24H40N2O/c1-19(2)10-8-11-20(3)12-9-13-21(4)24(27)25-18-22-15-17-26(5)16-7-6-14-23(22)26/h9-10,12-13,20,22-23H,6-8,11,14-18H2,1-5H3/p+1/b12-9+,21-13+/t20-,22+,23-,26+/m1/s1. The van der Waals surface area contributed by atoms with Gasteiger partial charge in [-0.3, -0.25) is 4.79 Å². The molecule has 2 saturated heterocycles. The summed E-state index contributed by atoms with van der Waals surface area (Å²) in [5, 5.41) is 3.20. The first-order chi connectivity index (χ1) is 12.8. The van der Waals surface area contributed by atoms with Crippen LogP contribution >= 0.6 is 0 Å². The average molecular weight is 374 g/mol. The molecular weight excluding hydrogens is 332 g/mol. The molecule has 0 unspecified atom stereocenters. The molecule has 0 aromatic carbocycles. The van der Waals surface area contributed by atoms with Crippen molar-refractivity contribution in [2.75, 3.05) is 26.7 Å². The molecule has 1 N–H and O–H groups in total. The lowest BCUT2D eigenvalue weighted by atomic mass is 9.92. The van der Waals surface area contributed by atoms with Crippen LogP contribution in [0.5, 0.6) is 0 Å². The van der Waals surface area contributed by atoms with Crippen LogP contribution in [0, 0.1) is 11.8 Å². The lowest BCUT2D eigenvalue weighted by Crippen LogP contribution is -2.53. The first-order valence-corrected chi connectivity index (χ1v) is 10.9. The normalized spacial score (nSPS) is 29.4. The Morgan fingerprint density at radius 2 is 1.96 bits per heavy atom. The predicted molar refractivity (Wildman–Crippen MR) is 115 cm³/mol. The number of hydrogen-bond acceptors (Lipinski definition) is 1. The average Bonchev–Trinajstić information content (AvgIpc) is 2.95. The molecule has 2 fully saturated rings. The van der Waals surface area contributed by atoms with E-state index in [1.807, 2.05) is 19.1 Å². The van der Waals surface area contributed by atoms with Gasteiger partial charge in [-0.05, 0) is 52.4 Å². The second-order valence-corrected chi connectivity index (χ2v) is 9.32. The van der Waals surface area contributed by atoms with Crippen molar-refractivity contribution in [1.82, 2.24) is 5.32 Å². The Morgan fingerprint density at radius 3 is 2.70 bits per heavy atom. The zero-order valence-corrected chi connectivity index (χ0v) is 18.3. The first-order valence-electron chi connectivity index (χ1n) is 10.9. The van der Waals surface area contributed by atoms with Crippen molar-refractivity contribution in [2.45, 2.75) is 72.3 Å². The maximum absolute atomic E-state index is 12.4. The molecule has 0 saturated carbocycles. The van der Waals surface area contributed by atoms with E-state index in [1.54, 1.807) is 0 Å². The van der Waals surface area contributed by atoms with E-state index in [0.29, 0.717) is 11.8 Å². The zero-order chi connectivity index (χ0) is 19.9. The number of quaternary nitrogens is 1. The van der Waals surface area contributed by atoms with E-state index in [0.717, 1.165) is 31.0 Å². The number of carbonyl (C=O) groups is 1. The van der Waals surface area contributed by atoms with Crippen LogP contribution in [0.1, 0.15) is 66.2 Å². The molecule has 1 amide bonds. The molecule has 0 spiro atoms. The summed E-state index contributed by atoms with van der Waals surface area (Å²) in [4.78, 5) is 12.4. The quantitative estimate of drug-likeness (QED) is 0.276. The summed E-state index contributed by atoms with van der Waals surface area (Å²) < 4.78 is 1.24. The van der Waals surface area contributed by atoms with Gasteiger partial charge in [-0.25, -0.2) is 0 Å². The van der Waals surface area contributed by atoms with Crippen molar-refractivity contribution in [3.63, 3.8) is 0 Å². The van der Waals surface area contributed by atoms with Gasteiger partial charge in [-0.15, -0.1) is 0 Å². The van der Waals surface area contributed by atoms with Crippen molar-refractivity contribution in [2.24, 2.45) is 11.8 Å². The molecule has 2 rings (SSSR count). The lowest BCUT2D eigenvalue weighted by Gasteiger charge is -2.41. The summed E-state index contributed by atoms with van der Waals surface area (Å²) in [6.07, 6.45) is 16.1. The SMILES string of the molecule is CC(C)=CCC[C@@H](C)/C=C/C=C(\C)C(=O)NC[C@@H]1CC[N@+]2(C)CCCC[C@H]12. The molecule has 2 aliphatic rings. The molecule has 27 heavy (non-hydrogen) atoms. The van der Waals surface area contributed by atoms with E-state index < -0.39 is 0 Å². The Hall–Kier alpha value is -1.35. The van der Waals surface area contributed by atoms with Gasteiger partial charge in [0.1, 0.15) is 0 Å². The molecule has 3 heteroatoms. The van der Waals surface area contributed by atoms with Gasteiger partial charge >= 0.3 is 0 Å². The molecule has 2 aliphatic heterocycles. The molecule has 3 nitrogen and oxygen atoms in total. The third kappa shape index (κ3) is 6.64. The van der Waals surface area contributed by atoms with Crippen LogP contribution in [0.15, 0.2) is 35.5 Å². The van der Waals surface area contributed by atoms with Crippen LogP contribution < -0.4 is 5.32 Å². The van der Waals surface area contributed by atoms with Crippen LogP contribution in [0.2, 0.25) is 0 Å². The fourth-order valence-electron chi connectivity index (χ4n) is 4.78. The van der Waals surface area contributed by atoms with Crippen molar-refractivity contribution in [1.29, 1.82) is 0 Å². The van der Waals surface area contributed by atoms with E-state index in [9.17, 15) is 4.79 Å². The van der Waals surface area contributed by atoms with Gasteiger partial charge in [-0.2, -0.15) is 0 Å². The lowest BCUT2D eigenvalue weighted by molar-refractivity contribution is -0.927. The highest BCUT2D eigenvalue weighted by Gasteiger charge is 2.46. The van der Waals surface area contributed by atoms with E-state index in [-0.39, 0.29) is 5.91 Å². The summed E-state index contributed by atoms with van der Waals surface area (Å²) in [6.45, 7) is 11.9. The second-order valence-electron chi connectivity index (χ2n) is 9.32. The van der Waals surface area contributed by atoms with Gasteiger partial charge in [0.15, 0.2) is 0 Å². The molecule has 0 aromatic rings. The van der Waals surface area contributed by atoms with Gasteiger partial charge in [0.05, 0.1) is 26.2 Å². The van der Waals surface area contributed by atoms with Crippen LogP contribution in [0.3, 0.4) is 0 Å². The summed E-state index contributed by atoms with van der Waals surface area (Å²) in [5.41, 5.74) is 2.19. The number of amides is 1. The number of piperidine rings is 1. The number of fused-ring (bicyclic) bond motifs is 1. The number of nitrogens with one attached hydrogen (secondary N) is 1. The molecule has 0 aliphatic carbocycles. The van der Waals surface area contributed by atoms with Crippen molar-refractivity contribution < 1.29 is 9.28 Å². The van der Waals surface area contributed by atoms with Gasteiger partial charge in [0.2, 0.25) is 5.91 Å². The third-order valence-corrected chi connectivity index (χ3v) is 6.62. The Morgan fingerprint density at radius 1 is 1.19 bits per heavy atom. The van der Waals surface area contributed by atoms with Crippen molar-refractivity contribution in [3.8, 4) is 0 Å². The monoisotopic (exact) mass is 373 g/mol. The Labute approximate surface area is 167 Å². The highest BCUT2D eigenvalue weighted by atomic mass is 16.1. The highest BCUT2D eigenvalue weighted by molar-refractivity contribution is 5.93. The second kappa shape index (κ2) is 10.3. The number of allylic oxidation sites excluding steroid dienone is 5. The summed E-state index contributed by atoms with van der Waals surface area (Å²) >= 11 is 0. The fraction of sp³-hybridized carbons (Fsp3) is 0.708. The molecule has 152 valence electrons. The largest absolute Gasteiger partial charge is 0.352 e. The van der Waals surface area contributed by atoms with E-state index in [4.69, 9.17) is 0 Å². The summed E-state index contributed by atoms with van der Waals surface area (Å²) in [6, 6.07) is 0.755. The van der Waals surface area contributed by atoms with Gasteiger partial charge in [0, 0.05) is 30.9 Å². The molecular formula is C24H41N2O+. The Balaban J connectivity index is 1.75. The fourth-order valence-corrected chi connectivity index (χ4v) is 4.78. The van der Waals surface area contributed by atoms with Crippen LogP contribution in [0.4, 0.5) is 0 Å². The summed E-state index contributed by atoms with van der Waals surface area (Å²) in [5.74, 6) is 1.28. The maximum atomic E-state index is 12.4. The van der Waals surface area contributed by atoms with Gasteiger partial charge in [0.25, 0.3) is 0 Å². The minimum absolute atomic E-state index is 0.0914. The zero-order valence-electron chi connectivity index (χ0n) is 18.3. The minimum atomic E-state index is 0.0914. The predicted octanol–water partition coefficient (Wildman–Crippen LogP) is 5.01. The van der Waals surface area contributed by atoms with Crippen LogP contribution in [0.25, 0.3) is 0 Å². The van der Waals surface area contributed by atoms with E-state index in [1.165, 1.54) is 48.8 Å². The Bertz CT molecular complexity index is 585. The van der Waals surface area contributed by atoms with E-state index in [2.05, 4.69) is 45.3 Å². The molecule has 0 aromatic heterocycles. The highest BCUT2D eigenvalue weighted by Crippen LogP contribution is 2.36.